The van der Waals surface area contributed by atoms with Crippen LogP contribution in [0.1, 0.15) is 33.7 Å². The number of amides is 1. The molecule has 0 aromatic carbocycles. The van der Waals surface area contributed by atoms with E-state index in [1.807, 2.05) is 27.7 Å². The predicted octanol–water partition coefficient (Wildman–Crippen LogP) is 1.87. The normalized spacial score (nSPS) is 11.9. The van der Waals surface area contributed by atoms with E-state index in [4.69, 9.17) is 5.73 Å². The van der Waals surface area contributed by atoms with Crippen molar-refractivity contribution < 1.29 is 4.79 Å². The lowest BCUT2D eigenvalue weighted by Crippen LogP contribution is -2.35. The fourth-order valence-corrected chi connectivity index (χ4v) is 2.30. The Bertz CT molecular complexity index is 395. The maximum Gasteiger partial charge on any atom is 0.235 e. The number of thioether (sulfide) groups is 1. The van der Waals surface area contributed by atoms with Gasteiger partial charge in [-0.15, -0.1) is 0 Å². The second kappa shape index (κ2) is 6.24. The molecule has 0 aliphatic heterocycles. The number of rotatable bonds is 6. The van der Waals surface area contributed by atoms with Gasteiger partial charge >= 0.3 is 0 Å². The van der Waals surface area contributed by atoms with Crippen LogP contribution in [0.3, 0.4) is 0 Å². The maximum absolute atomic E-state index is 11.8. The van der Waals surface area contributed by atoms with Crippen molar-refractivity contribution in [3.05, 3.63) is 12.3 Å². The number of aromatic nitrogens is 2. The van der Waals surface area contributed by atoms with Gasteiger partial charge in [-0.3, -0.25) is 4.79 Å². The third kappa shape index (κ3) is 5.10. The van der Waals surface area contributed by atoms with Crippen molar-refractivity contribution in [2.75, 3.05) is 16.8 Å². The molecule has 102 valence electrons. The minimum absolute atomic E-state index is 0.0216. The fourth-order valence-electron chi connectivity index (χ4n) is 1.41. The van der Waals surface area contributed by atoms with Gasteiger partial charge in [0, 0.05) is 23.4 Å². The summed E-state index contributed by atoms with van der Waals surface area (Å²) in [5, 5.41) is 7.02. The minimum atomic E-state index is -0.245. The lowest BCUT2D eigenvalue weighted by atomic mass is 10.1. The van der Waals surface area contributed by atoms with E-state index in [0.717, 1.165) is 11.6 Å². The second-order valence-corrected chi connectivity index (χ2v) is 6.27. The molecule has 3 N–H and O–H groups in total. The Morgan fingerprint density at radius 2 is 2.28 bits per heavy atom. The van der Waals surface area contributed by atoms with Crippen LogP contribution in [-0.2, 0) is 4.79 Å². The first-order valence-corrected chi connectivity index (χ1v) is 7.15. The SMILES string of the molecule is CC(C)n1nccc1NC(=O)CSCC(C)(C)N. The van der Waals surface area contributed by atoms with Gasteiger partial charge in [-0.05, 0) is 27.7 Å². The van der Waals surface area contributed by atoms with Crippen LogP contribution in [0.2, 0.25) is 0 Å². The summed E-state index contributed by atoms with van der Waals surface area (Å²) >= 11 is 1.54. The monoisotopic (exact) mass is 270 g/mol. The first-order chi connectivity index (χ1) is 8.29. The van der Waals surface area contributed by atoms with Crippen LogP contribution in [0, 0.1) is 0 Å². The Labute approximate surface area is 112 Å². The van der Waals surface area contributed by atoms with E-state index < -0.39 is 0 Å². The van der Waals surface area contributed by atoms with Gasteiger partial charge in [-0.25, -0.2) is 4.68 Å². The lowest BCUT2D eigenvalue weighted by Gasteiger charge is -2.17. The summed E-state index contributed by atoms with van der Waals surface area (Å²) in [6.07, 6.45) is 1.69. The summed E-state index contributed by atoms with van der Waals surface area (Å²) in [6.45, 7) is 7.94. The van der Waals surface area contributed by atoms with Gasteiger partial charge in [0.1, 0.15) is 5.82 Å². The van der Waals surface area contributed by atoms with E-state index in [2.05, 4.69) is 10.4 Å². The highest BCUT2D eigenvalue weighted by atomic mass is 32.2. The maximum atomic E-state index is 11.8. The summed E-state index contributed by atoms with van der Waals surface area (Å²) in [5.74, 6) is 1.88. The summed E-state index contributed by atoms with van der Waals surface area (Å²) in [6, 6.07) is 2.03. The molecular weight excluding hydrogens is 248 g/mol. The molecule has 5 nitrogen and oxygen atoms in total. The Hall–Kier alpha value is -1.01. The quantitative estimate of drug-likeness (QED) is 0.827. The summed E-state index contributed by atoms with van der Waals surface area (Å²) in [5.41, 5.74) is 5.61. The van der Waals surface area contributed by atoms with Crippen LogP contribution < -0.4 is 11.1 Å². The van der Waals surface area contributed by atoms with Crippen molar-refractivity contribution in [3.63, 3.8) is 0 Å². The molecule has 0 saturated carbocycles. The molecule has 0 spiro atoms. The van der Waals surface area contributed by atoms with E-state index in [9.17, 15) is 4.79 Å². The molecule has 1 amide bonds. The molecule has 0 saturated heterocycles. The van der Waals surface area contributed by atoms with Crippen LogP contribution >= 0.6 is 11.8 Å². The van der Waals surface area contributed by atoms with E-state index >= 15 is 0 Å². The number of hydrogen-bond donors (Lipinski definition) is 2. The van der Waals surface area contributed by atoms with Gasteiger partial charge in [-0.1, -0.05) is 0 Å². The zero-order valence-electron chi connectivity index (χ0n) is 11.4. The highest BCUT2D eigenvalue weighted by molar-refractivity contribution is 8.00. The summed E-state index contributed by atoms with van der Waals surface area (Å²) in [4.78, 5) is 11.8. The molecule has 1 rings (SSSR count). The zero-order valence-corrected chi connectivity index (χ0v) is 12.3. The van der Waals surface area contributed by atoms with E-state index in [-0.39, 0.29) is 17.5 Å². The smallest absolute Gasteiger partial charge is 0.235 e. The molecule has 0 atom stereocenters. The summed E-state index contributed by atoms with van der Waals surface area (Å²) in [7, 11) is 0. The molecule has 0 aliphatic rings. The predicted molar refractivity (Wildman–Crippen MR) is 76.8 cm³/mol. The molecule has 0 radical (unpaired) electrons. The molecule has 1 aromatic rings. The molecular formula is C12H22N4OS. The van der Waals surface area contributed by atoms with Gasteiger partial charge in [0.15, 0.2) is 0 Å². The molecule has 0 unspecified atom stereocenters. The Morgan fingerprint density at radius 1 is 1.61 bits per heavy atom. The molecule has 1 heterocycles. The molecule has 0 bridgehead atoms. The van der Waals surface area contributed by atoms with Crippen molar-refractivity contribution in [2.45, 2.75) is 39.3 Å². The van der Waals surface area contributed by atoms with Gasteiger partial charge in [0.05, 0.1) is 11.9 Å². The third-order valence-electron chi connectivity index (χ3n) is 2.13. The fraction of sp³-hybridized carbons (Fsp3) is 0.667. The average molecular weight is 270 g/mol. The van der Waals surface area contributed by atoms with Crippen LogP contribution in [0.25, 0.3) is 0 Å². The van der Waals surface area contributed by atoms with Crippen LogP contribution in [0.15, 0.2) is 12.3 Å². The first-order valence-electron chi connectivity index (χ1n) is 5.99. The van der Waals surface area contributed by atoms with Crippen molar-refractivity contribution in [1.82, 2.24) is 9.78 Å². The first kappa shape index (κ1) is 15.0. The van der Waals surface area contributed by atoms with Crippen molar-refractivity contribution in [3.8, 4) is 0 Å². The Morgan fingerprint density at radius 3 is 2.83 bits per heavy atom. The average Bonchev–Trinajstić information content (AvgIpc) is 2.63. The number of nitrogens with zero attached hydrogens (tertiary/aromatic N) is 2. The largest absolute Gasteiger partial charge is 0.325 e. The lowest BCUT2D eigenvalue weighted by molar-refractivity contribution is -0.113. The Balaban J connectivity index is 2.43. The van der Waals surface area contributed by atoms with Gasteiger partial charge in [-0.2, -0.15) is 16.9 Å². The standard InChI is InChI=1S/C12H22N4OS/c1-9(2)16-10(5-6-14-16)15-11(17)7-18-8-12(3,4)13/h5-6,9H,7-8,13H2,1-4H3,(H,15,17). The number of hydrogen-bond acceptors (Lipinski definition) is 4. The van der Waals surface area contributed by atoms with Crippen LogP contribution in [0.5, 0.6) is 0 Å². The molecule has 1 aromatic heterocycles. The van der Waals surface area contributed by atoms with Gasteiger partial charge < -0.3 is 11.1 Å². The van der Waals surface area contributed by atoms with Crippen molar-refractivity contribution in [1.29, 1.82) is 0 Å². The number of carbonyl (C=O) groups excluding carboxylic acids is 1. The molecule has 0 aliphatic carbocycles. The highest BCUT2D eigenvalue weighted by Gasteiger charge is 2.13. The van der Waals surface area contributed by atoms with Crippen molar-refractivity contribution >= 4 is 23.5 Å². The summed E-state index contributed by atoms with van der Waals surface area (Å²) < 4.78 is 1.79. The number of carbonyl (C=O) groups is 1. The third-order valence-corrected chi connectivity index (χ3v) is 3.55. The zero-order chi connectivity index (χ0) is 13.8. The second-order valence-electron chi connectivity index (χ2n) is 5.28. The van der Waals surface area contributed by atoms with Crippen molar-refractivity contribution in [2.24, 2.45) is 5.73 Å². The molecule has 18 heavy (non-hydrogen) atoms. The van der Waals surface area contributed by atoms with Crippen LogP contribution in [0.4, 0.5) is 5.82 Å². The van der Waals surface area contributed by atoms with Gasteiger partial charge in [0.2, 0.25) is 5.91 Å². The highest BCUT2D eigenvalue weighted by Crippen LogP contribution is 2.14. The number of nitrogens with one attached hydrogen (secondary N) is 1. The van der Waals surface area contributed by atoms with E-state index in [1.54, 1.807) is 16.9 Å². The van der Waals surface area contributed by atoms with Crippen LogP contribution in [-0.4, -0.2) is 32.7 Å². The molecule has 0 fully saturated rings. The van der Waals surface area contributed by atoms with Gasteiger partial charge in [0.25, 0.3) is 0 Å². The van der Waals surface area contributed by atoms with E-state index in [1.165, 1.54) is 11.8 Å². The Kier molecular flexibility index (Phi) is 5.22. The number of nitrogens with two attached hydrogens (primary N) is 1. The minimum Gasteiger partial charge on any atom is -0.325 e. The number of anilines is 1. The van der Waals surface area contributed by atoms with E-state index in [0.29, 0.717) is 5.75 Å². The molecule has 6 heteroatoms. The topological polar surface area (TPSA) is 72.9 Å².